The van der Waals surface area contributed by atoms with Crippen LogP contribution < -0.4 is 4.74 Å². The zero-order chi connectivity index (χ0) is 14.3. The molecular weight excluding hydrogens is 403 g/mol. The van der Waals surface area contributed by atoms with Crippen molar-refractivity contribution < 1.29 is 4.74 Å². The lowest BCUT2D eigenvalue weighted by molar-refractivity contribution is 0.254. The zero-order valence-corrected chi connectivity index (χ0v) is 14.8. The Morgan fingerprint density at radius 1 is 1.20 bits per heavy atom. The zero-order valence-electron chi connectivity index (χ0n) is 10.9. The molecule has 4 heteroatoms. The summed E-state index contributed by atoms with van der Waals surface area (Å²) in [6, 6.07) is 12.4. The number of hydrogen-bond acceptors (Lipinski definition) is 1. The second-order valence-electron chi connectivity index (χ2n) is 5.04. The van der Waals surface area contributed by atoms with Gasteiger partial charge in [0.05, 0.1) is 9.85 Å². The molecule has 1 aliphatic rings. The van der Waals surface area contributed by atoms with Crippen LogP contribution in [0.15, 0.2) is 40.9 Å². The van der Waals surface area contributed by atoms with E-state index in [4.69, 9.17) is 16.3 Å². The first-order valence-electron chi connectivity index (χ1n) is 6.43. The summed E-state index contributed by atoms with van der Waals surface area (Å²) in [5, 5.41) is 0.727. The van der Waals surface area contributed by atoms with Gasteiger partial charge in [0.15, 0.2) is 0 Å². The van der Waals surface area contributed by atoms with E-state index < -0.39 is 0 Å². The van der Waals surface area contributed by atoms with E-state index in [2.05, 4.69) is 57.0 Å². The van der Waals surface area contributed by atoms with Crippen molar-refractivity contribution in [1.29, 1.82) is 0 Å². The molecule has 2 unspecified atom stereocenters. The Hall–Kier alpha value is -0.510. The molecule has 0 aliphatic carbocycles. The number of alkyl halides is 1. The highest BCUT2D eigenvalue weighted by atomic mass is 79.9. The predicted octanol–water partition coefficient (Wildman–Crippen LogP) is 5.91. The van der Waals surface area contributed by atoms with Gasteiger partial charge >= 0.3 is 0 Å². The van der Waals surface area contributed by atoms with E-state index in [1.165, 1.54) is 16.7 Å². The van der Waals surface area contributed by atoms with E-state index in [-0.39, 0.29) is 10.9 Å². The Morgan fingerprint density at radius 2 is 1.90 bits per heavy atom. The molecule has 0 saturated carbocycles. The molecule has 0 fully saturated rings. The number of ether oxygens (including phenoxy) is 1. The molecule has 20 heavy (non-hydrogen) atoms. The highest BCUT2D eigenvalue weighted by Crippen LogP contribution is 2.38. The third kappa shape index (κ3) is 2.76. The van der Waals surface area contributed by atoms with Gasteiger partial charge in [-0.15, -0.1) is 0 Å². The van der Waals surface area contributed by atoms with Crippen molar-refractivity contribution in [3.05, 3.63) is 62.6 Å². The monoisotopic (exact) mass is 414 g/mol. The van der Waals surface area contributed by atoms with Crippen molar-refractivity contribution in [2.24, 2.45) is 0 Å². The molecule has 0 N–H and O–H groups in total. The highest BCUT2D eigenvalue weighted by Gasteiger charge is 2.21. The number of fused-ring (bicyclic) bond motifs is 1. The summed E-state index contributed by atoms with van der Waals surface area (Å²) in [5.74, 6) is 1.01. The van der Waals surface area contributed by atoms with Crippen LogP contribution in [0, 0.1) is 0 Å². The molecule has 2 aromatic carbocycles. The van der Waals surface area contributed by atoms with Crippen LogP contribution in [-0.4, -0.2) is 6.10 Å². The van der Waals surface area contributed by atoms with Gasteiger partial charge in [-0.2, -0.15) is 0 Å². The Morgan fingerprint density at radius 3 is 2.65 bits per heavy atom. The van der Waals surface area contributed by atoms with Crippen molar-refractivity contribution >= 4 is 43.5 Å². The Labute approximate surface area is 140 Å². The van der Waals surface area contributed by atoms with Gasteiger partial charge < -0.3 is 4.74 Å². The summed E-state index contributed by atoms with van der Waals surface area (Å²) in [7, 11) is 0. The third-order valence-corrected chi connectivity index (χ3v) is 5.72. The maximum atomic E-state index is 6.05. The van der Waals surface area contributed by atoms with Crippen molar-refractivity contribution in [2.45, 2.75) is 24.3 Å². The molecule has 2 aromatic rings. The molecule has 1 heterocycles. The predicted molar refractivity (Wildman–Crippen MR) is 90.2 cm³/mol. The van der Waals surface area contributed by atoms with E-state index in [0.717, 1.165) is 21.7 Å². The summed E-state index contributed by atoms with van der Waals surface area (Å²) < 4.78 is 6.66. The van der Waals surface area contributed by atoms with Crippen LogP contribution in [0.3, 0.4) is 0 Å². The number of benzene rings is 2. The van der Waals surface area contributed by atoms with Gasteiger partial charge in [0.25, 0.3) is 0 Å². The topological polar surface area (TPSA) is 9.23 Å². The number of hydrogen-bond donors (Lipinski definition) is 0. The lowest BCUT2D eigenvalue weighted by atomic mass is 10.0. The van der Waals surface area contributed by atoms with Crippen LogP contribution in [0.5, 0.6) is 5.75 Å². The Kier molecular flexibility index (Phi) is 4.11. The first-order chi connectivity index (χ1) is 9.54. The second-order valence-corrected chi connectivity index (χ2v) is 7.21. The average Bonchev–Trinajstić information content (AvgIpc) is 2.80. The molecular formula is C16H13Br2ClO. The van der Waals surface area contributed by atoms with Crippen LogP contribution in [0.4, 0.5) is 0 Å². The van der Waals surface area contributed by atoms with Crippen LogP contribution in [0.2, 0.25) is 5.02 Å². The van der Waals surface area contributed by atoms with Gasteiger partial charge in [-0.1, -0.05) is 45.7 Å². The maximum absolute atomic E-state index is 6.05. The van der Waals surface area contributed by atoms with Crippen molar-refractivity contribution in [1.82, 2.24) is 0 Å². The largest absolute Gasteiger partial charge is 0.490 e. The Balaban J connectivity index is 1.93. The van der Waals surface area contributed by atoms with E-state index in [1.54, 1.807) is 0 Å². The normalized spacial score (nSPS) is 18.5. The van der Waals surface area contributed by atoms with E-state index >= 15 is 0 Å². The molecule has 0 amide bonds. The van der Waals surface area contributed by atoms with Crippen LogP contribution in [0.1, 0.15) is 28.4 Å². The van der Waals surface area contributed by atoms with Crippen LogP contribution in [-0.2, 0) is 6.42 Å². The first kappa shape index (κ1) is 14.4. The summed E-state index contributed by atoms with van der Waals surface area (Å²) in [5.41, 5.74) is 3.69. The minimum Gasteiger partial charge on any atom is -0.490 e. The molecule has 104 valence electrons. The van der Waals surface area contributed by atoms with E-state index in [0.29, 0.717) is 0 Å². The van der Waals surface area contributed by atoms with Crippen molar-refractivity contribution in [3.8, 4) is 5.75 Å². The van der Waals surface area contributed by atoms with Crippen LogP contribution >= 0.6 is 43.5 Å². The first-order valence-corrected chi connectivity index (χ1v) is 8.52. The SMILES string of the molecule is CC1Cc2cc(C(Br)c3ccc(Cl)c(Br)c3)ccc2O1. The van der Waals surface area contributed by atoms with Gasteiger partial charge in [-0.25, -0.2) is 0 Å². The molecule has 0 radical (unpaired) electrons. The molecule has 0 bridgehead atoms. The molecule has 0 spiro atoms. The van der Waals surface area contributed by atoms with Crippen molar-refractivity contribution in [2.75, 3.05) is 0 Å². The van der Waals surface area contributed by atoms with E-state index in [1.807, 2.05) is 18.2 Å². The maximum Gasteiger partial charge on any atom is 0.123 e. The number of rotatable bonds is 2. The third-order valence-electron chi connectivity index (χ3n) is 3.45. The number of halogens is 3. The molecule has 1 nitrogen and oxygen atoms in total. The minimum atomic E-state index is 0.150. The van der Waals surface area contributed by atoms with E-state index in [9.17, 15) is 0 Å². The molecule has 0 aromatic heterocycles. The minimum absolute atomic E-state index is 0.150. The fourth-order valence-corrected chi connectivity index (χ4v) is 3.55. The highest BCUT2D eigenvalue weighted by molar-refractivity contribution is 9.10. The molecule has 3 rings (SSSR count). The smallest absolute Gasteiger partial charge is 0.123 e. The van der Waals surface area contributed by atoms with Crippen LogP contribution in [0.25, 0.3) is 0 Å². The summed E-state index contributed by atoms with van der Waals surface area (Å²) >= 11 is 13.3. The lowest BCUT2D eigenvalue weighted by Gasteiger charge is -2.13. The quantitative estimate of drug-likeness (QED) is 0.553. The lowest BCUT2D eigenvalue weighted by Crippen LogP contribution is -2.05. The average molecular weight is 417 g/mol. The van der Waals surface area contributed by atoms with Gasteiger partial charge in [-0.3, -0.25) is 0 Å². The fourth-order valence-electron chi connectivity index (χ4n) is 2.46. The Bertz CT molecular complexity index is 657. The molecule has 1 aliphatic heterocycles. The van der Waals surface area contributed by atoms with Gasteiger partial charge in [0.2, 0.25) is 0 Å². The van der Waals surface area contributed by atoms with Gasteiger partial charge in [0.1, 0.15) is 11.9 Å². The summed E-state index contributed by atoms with van der Waals surface area (Å²) in [6.07, 6.45) is 1.26. The standard InChI is InChI=1S/C16H13Br2ClO/c1-9-6-12-7-10(3-5-15(12)20-9)16(18)11-2-4-14(19)13(17)8-11/h2-5,7-9,16H,6H2,1H3. The molecule has 0 saturated heterocycles. The van der Waals surface area contributed by atoms with Gasteiger partial charge in [0, 0.05) is 10.9 Å². The van der Waals surface area contributed by atoms with Gasteiger partial charge in [-0.05, 0) is 57.7 Å². The second kappa shape index (κ2) is 5.70. The molecule has 2 atom stereocenters. The van der Waals surface area contributed by atoms with Crippen molar-refractivity contribution in [3.63, 3.8) is 0 Å². The fraction of sp³-hybridized carbons (Fsp3) is 0.250. The summed E-state index contributed by atoms with van der Waals surface area (Å²) in [6.45, 7) is 2.10. The summed E-state index contributed by atoms with van der Waals surface area (Å²) in [4.78, 5) is 0.150.